The molecule has 10 heteroatoms. The Hall–Kier alpha value is -2.75. The Kier molecular flexibility index (Phi) is 5.78. The number of hydrogen-bond acceptors (Lipinski definition) is 6. The number of halogens is 3. The number of rotatable bonds is 5. The summed E-state index contributed by atoms with van der Waals surface area (Å²) in [4.78, 5) is 20.5. The maximum atomic E-state index is 14.4. The molecule has 0 saturated heterocycles. The number of carbonyl (C=O) groups is 1. The van der Waals surface area contributed by atoms with Crippen LogP contribution in [0, 0.1) is 5.82 Å². The van der Waals surface area contributed by atoms with Crippen molar-refractivity contribution in [3.05, 3.63) is 53.6 Å². The summed E-state index contributed by atoms with van der Waals surface area (Å²) in [7, 11) is 0. The summed E-state index contributed by atoms with van der Waals surface area (Å²) in [5.41, 5.74) is 5.63. The normalized spacial score (nSPS) is 19.2. The Labute approximate surface area is 163 Å². The number of benzene rings is 1. The van der Waals surface area contributed by atoms with Gasteiger partial charge in [-0.3, -0.25) is 9.79 Å². The van der Waals surface area contributed by atoms with Crippen LogP contribution >= 0.6 is 11.8 Å². The number of nitrogens with one attached hydrogen (secondary N) is 1. The Balaban J connectivity index is 1.79. The van der Waals surface area contributed by atoms with Crippen molar-refractivity contribution in [3.63, 3.8) is 0 Å². The average Bonchev–Trinajstić information content (AvgIpc) is 2.63. The van der Waals surface area contributed by atoms with Crippen LogP contribution in [0.4, 0.5) is 18.9 Å². The molecule has 1 aromatic carbocycles. The Morgan fingerprint density at radius 3 is 2.79 bits per heavy atom. The molecular weight excluding hydrogens is 393 g/mol. The largest absolute Gasteiger partial charge is 0.433 e. The fourth-order valence-electron chi connectivity index (χ4n) is 2.78. The van der Waals surface area contributed by atoms with Gasteiger partial charge in [-0.2, -0.15) is 8.78 Å². The van der Waals surface area contributed by atoms with Gasteiger partial charge >= 0.3 is 6.61 Å². The van der Waals surface area contributed by atoms with E-state index in [9.17, 15) is 18.0 Å². The number of nitrogens with two attached hydrogens (primary N) is 1. The molecule has 2 aromatic rings. The quantitative estimate of drug-likeness (QED) is 0.784. The number of amidine groups is 1. The number of carbonyl (C=O) groups excluding carboxylic acids is 1. The molecule has 1 amide bonds. The van der Waals surface area contributed by atoms with E-state index in [0.29, 0.717) is 28.6 Å². The highest BCUT2D eigenvalue weighted by Gasteiger charge is 2.32. The number of amides is 1. The summed E-state index contributed by atoms with van der Waals surface area (Å²) < 4.78 is 42.9. The SMILES string of the molecule is C[C@@]1(c2cc(NC(=O)c3ccc(OC(F)F)cn3)ccc2F)CCSC(N)=N1. The molecule has 0 spiro atoms. The third-order valence-corrected chi connectivity index (χ3v) is 4.99. The number of aliphatic imine (C=N–C) groups is 1. The van der Waals surface area contributed by atoms with Crippen molar-refractivity contribution >= 4 is 28.5 Å². The molecule has 1 aliphatic rings. The standard InChI is InChI=1S/C18H17F3N4O2S/c1-18(6-7-28-17(22)25-18)12-8-10(2-4-13(12)19)24-15(26)14-5-3-11(9-23-14)27-16(20)21/h2-5,8-9,16H,6-7H2,1H3,(H2,22,25)(H,24,26)/t18-/m0/s1. The van der Waals surface area contributed by atoms with Crippen molar-refractivity contribution in [2.45, 2.75) is 25.5 Å². The lowest BCUT2D eigenvalue weighted by Gasteiger charge is -2.30. The number of hydrogen-bond donors (Lipinski definition) is 2. The topological polar surface area (TPSA) is 89.6 Å². The fourth-order valence-corrected chi connectivity index (χ4v) is 3.75. The number of alkyl halides is 2. The predicted molar refractivity (Wildman–Crippen MR) is 101 cm³/mol. The molecule has 0 unspecified atom stereocenters. The molecule has 3 N–H and O–H groups in total. The van der Waals surface area contributed by atoms with Crippen LogP contribution in [0.3, 0.4) is 0 Å². The van der Waals surface area contributed by atoms with Crippen LogP contribution in [-0.2, 0) is 5.54 Å². The highest BCUT2D eigenvalue weighted by molar-refractivity contribution is 8.13. The maximum Gasteiger partial charge on any atom is 0.387 e. The monoisotopic (exact) mass is 410 g/mol. The highest BCUT2D eigenvalue weighted by Crippen LogP contribution is 2.37. The average molecular weight is 410 g/mol. The van der Waals surface area contributed by atoms with Crippen LogP contribution in [0.2, 0.25) is 0 Å². The van der Waals surface area contributed by atoms with Crippen molar-refractivity contribution in [1.82, 2.24) is 4.98 Å². The van der Waals surface area contributed by atoms with Crippen molar-refractivity contribution in [2.24, 2.45) is 10.7 Å². The second-order valence-electron chi connectivity index (χ2n) is 6.23. The molecule has 148 valence electrons. The minimum atomic E-state index is -2.98. The van der Waals surface area contributed by atoms with E-state index in [1.165, 1.54) is 42.1 Å². The van der Waals surface area contributed by atoms with Gasteiger partial charge in [0.1, 0.15) is 17.3 Å². The zero-order chi connectivity index (χ0) is 20.3. The second kappa shape index (κ2) is 8.09. The molecule has 2 heterocycles. The number of aromatic nitrogens is 1. The smallest absolute Gasteiger partial charge is 0.387 e. The first-order valence-corrected chi connectivity index (χ1v) is 9.26. The van der Waals surface area contributed by atoms with Crippen molar-refractivity contribution in [1.29, 1.82) is 0 Å². The minimum absolute atomic E-state index is 0.00460. The molecule has 3 rings (SSSR count). The Morgan fingerprint density at radius 2 is 2.14 bits per heavy atom. The van der Waals surface area contributed by atoms with Gasteiger partial charge in [0.2, 0.25) is 0 Å². The number of pyridine rings is 1. The summed E-state index contributed by atoms with van der Waals surface area (Å²) in [6.07, 6.45) is 1.62. The van der Waals surface area contributed by atoms with Crippen LogP contribution in [-0.4, -0.2) is 28.4 Å². The predicted octanol–water partition coefficient (Wildman–Crippen LogP) is 3.74. The summed E-state index contributed by atoms with van der Waals surface area (Å²) in [6, 6.07) is 6.63. The van der Waals surface area contributed by atoms with Gasteiger partial charge in [-0.25, -0.2) is 9.37 Å². The van der Waals surface area contributed by atoms with Gasteiger partial charge in [0.25, 0.3) is 5.91 Å². The van der Waals surface area contributed by atoms with Crippen molar-refractivity contribution < 1.29 is 22.7 Å². The number of thioether (sulfide) groups is 1. The van der Waals surface area contributed by atoms with Crippen molar-refractivity contribution in [2.75, 3.05) is 11.1 Å². The first kappa shape index (κ1) is 20.0. The van der Waals surface area contributed by atoms with E-state index in [0.717, 1.165) is 6.20 Å². The molecule has 6 nitrogen and oxygen atoms in total. The Morgan fingerprint density at radius 1 is 1.36 bits per heavy atom. The molecule has 1 aliphatic heterocycles. The molecule has 1 aromatic heterocycles. The van der Waals surface area contributed by atoms with E-state index in [1.807, 2.05) is 0 Å². The van der Waals surface area contributed by atoms with Gasteiger partial charge in [0, 0.05) is 17.0 Å². The summed E-state index contributed by atoms with van der Waals surface area (Å²) in [6.45, 7) is -1.19. The first-order valence-electron chi connectivity index (χ1n) is 8.27. The van der Waals surface area contributed by atoms with Crippen LogP contribution in [0.1, 0.15) is 29.4 Å². The molecule has 1 atom stereocenters. The molecule has 0 saturated carbocycles. The molecule has 0 aliphatic carbocycles. The highest BCUT2D eigenvalue weighted by atomic mass is 32.2. The molecule has 28 heavy (non-hydrogen) atoms. The Bertz CT molecular complexity index is 908. The van der Waals surface area contributed by atoms with Crippen LogP contribution in [0.25, 0.3) is 0 Å². The maximum absolute atomic E-state index is 14.4. The molecule has 0 bridgehead atoms. The molecule has 0 fully saturated rings. The van der Waals surface area contributed by atoms with Gasteiger partial charge in [-0.15, -0.1) is 0 Å². The van der Waals surface area contributed by atoms with Gasteiger partial charge in [-0.1, -0.05) is 11.8 Å². The van der Waals surface area contributed by atoms with Gasteiger partial charge < -0.3 is 15.8 Å². The second-order valence-corrected chi connectivity index (χ2v) is 7.34. The summed E-state index contributed by atoms with van der Waals surface area (Å²) >= 11 is 1.41. The molecule has 0 radical (unpaired) electrons. The summed E-state index contributed by atoms with van der Waals surface area (Å²) in [5.74, 6) is -0.475. The lowest BCUT2D eigenvalue weighted by molar-refractivity contribution is -0.0500. The summed E-state index contributed by atoms with van der Waals surface area (Å²) in [5, 5.41) is 3.00. The van der Waals surface area contributed by atoms with Gasteiger partial charge in [0.05, 0.1) is 11.7 Å². The number of nitrogens with zero attached hydrogens (tertiary/aromatic N) is 2. The zero-order valence-corrected chi connectivity index (χ0v) is 15.6. The fraction of sp³-hybridized carbons (Fsp3) is 0.278. The van der Waals surface area contributed by atoms with E-state index in [2.05, 4.69) is 20.0 Å². The molecular formula is C18H17F3N4O2S. The van der Waals surface area contributed by atoms with E-state index in [4.69, 9.17) is 5.73 Å². The van der Waals surface area contributed by atoms with Crippen LogP contribution < -0.4 is 15.8 Å². The minimum Gasteiger partial charge on any atom is -0.433 e. The van der Waals surface area contributed by atoms with E-state index < -0.39 is 23.9 Å². The lowest BCUT2D eigenvalue weighted by Crippen LogP contribution is -2.29. The lowest BCUT2D eigenvalue weighted by atomic mass is 9.89. The van der Waals surface area contributed by atoms with Crippen LogP contribution in [0.5, 0.6) is 5.75 Å². The number of anilines is 1. The van der Waals surface area contributed by atoms with E-state index in [1.54, 1.807) is 6.92 Å². The third kappa shape index (κ3) is 4.56. The van der Waals surface area contributed by atoms with Crippen molar-refractivity contribution in [3.8, 4) is 5.75 Å². The number of ether oxygens (including phenoxy) is 1. The third-order valence-electron chi connectivity index (χ3n) is 4.19. The van der Waals surface area contributed by atoms with E-state index >= 15 is 0 Å². The van der Waals surface area contributed by atoms with Gasteiger partial charge in [0.15, 0.2) is 5.17 Å². The van der Waals surface area contributed by atoms with Gasteiger partial charge in [-0.05, 0) is 43.7 Å². The van der Waals surface area contributed by atoms with E-state index in [-0.39, 0.29) is 11.4 Å². The van der Waals surface area contributed by atoms with Crippen LogP contribution in [0.15, 0.2) is 41.5 Å². The zero-order valence-electron chi connectivity index (χ0n) is 14.8. The first-order chi connectivity index (χ1) is 13.3.